The van der Waals surface area contributed by atoms with E-state index < -0.39 is 30.0 Å². The van der Waals surface area contributed by atoms with Gasteiger partial charge in [0.1, 0.15) is 6.10 Å². The van der Waals surface area contributed by atoms with Crippen molar-refractivity contribution in [3.8, 4) is 0 Å². The van der Waals surface area contributed by atoms with Crippen LogP contribution < -0.4 is 0 Å². The zero-order valence-corrected chi connectivity index (χ0v) is 13.9. The Balaban J connectivity index is -0.0000000708. The first-order valence-electron chi connectivity index (χ1n) is 6.21. The van der Waals surface area contributed by atoms with E-state index in [0.717, 1.165) is 24.3 Å². The molecule has 0 fully saturated rings. The average molecular weight is 380 g/mol. The van der Waals surface area contributed by atoms with Gasteiger partial charge in [0.15, 0.2) is 0 Å². The van der Waals surface area contributed by atoms with Gasteiger partial charge in [-0.15, -0.1) is 0 Å². The second-order valence-corrected chi connectivity index (χ2v) is 3.19. The topological polar surface area (TPSA) is 210 Å². The molecule has 0 aromatic carbocycles. The Kier molecular flexibility index (Phi) is 39.0. The molecule has 0 aliphatic carbocycles. The molecule has 0 aromatic rings. The summed E-state index contributed by atoms with van der Waals surface area (Å²) in [7, 11) is 0. The lowest BCUT2D eigenvalue weighted by molar-refractivity contribution is -0.132. The molecule has 150 valence electrons. The predicted octanol–water partition coefficient (Wildman–Crippen LogP) is -0.640. The summed E-state index contributed by atoms with van der Waals surface area (Å²) >= 11 is 0. The van der Waals surface area contributed by atoms with Gasteiger partial charge in [0.25, 0.3) is 0 Å². The van der Waals surface area contributed by atoms with E-state index in [1.807, 2.05) is 0 Å². The van der Waals surface area contributed by atoms with Crippen LogP contribution in [0.4, 0.5) is 0 Å². The van der Waals surface area contributed by atoms with Crippen LogP contribution in [0.2, 0.25) is 0 Å². The van der Waals surface area contributed by atoms with E-state index in [0.29, 0.717) is 0 Å². The molecule has 0 amide bonds. The van der Waals surface area contributed by atoms with Crippen LogP contribution in [0.3, 0.4) is 0 Å². The maximum atomic E-state index is 9.25. The van der Waals surface area contributed by atoms with Gasteiger partial charge in [-0.2, -0.15) is 0 Å². The summed E-state index contributed by atoms with van der Waals surface area (Å²) in [6.07, 6.45) is 2.38. The number of carboxylic acids is 4. The lowest BCUT2D eigenvalue weighted by Gasteiger charge is -1.96. The maximum absolute atomic E-state index is 9.25. The summed E-state index contributed by atoms with van der Waals surface area (Å²) in [5.74, 6) is -3.93. The summed E-state index contributed by atoms with van der Waals surface area (Å²) in [4.78, 5) is 37.0. The highest BCUT2D eigenvalue weighted by Gasteiger charge is 1.93. The van der Waals surface area contributed by atoms with Crippen molar-refractivity contribution in [1.82, 2.24) is 0 Å². The van der Waals surface area contributed by atoms with Gasteiger partial charge in [0, 0.05) is 24.3 Å². The normalized spacial score (nSPS) is 7.23. The molecule has 0 spiro atoms. The Labute approximate surface area is 149 Å². The highest BCUT2D eigenvalue weighted by Crippen LogP contribution is 1.71. The van der Waals surface area contributed by atoms with E-state index in [2.05, 4.69) is 26.3 Å². The Morgan fingerprint density at radius 1 is 0.615 bits per heavy atom. The number of aliphatic hydroxyl groups is 3. The minimum absolute atomic E-state index is 0.365. The van der Waals surface area contributed by atoms with Crippen LogP contribution in [0.5, 0.6) is 0 Å². The molecule has 0 aliphatic heterocycles. The van der Waals surface area contributed by atoms with Crippen LogP contribution in [0.1, 0.15) is 0 Å². The molecule has 0 unspecified atom stereocenters. The van der Waals surface area contributed by atoms with Gasteiger partial charge < -0.3 is 35.7 Å². The van der Waals surface area contributed by atoms with Crippen LogP contribution in [-0.4, -0.2) is 78.9 Å². The third-order valence-corrected chi connectivity index (χ3v) is 1.12. The molecule has 0 atom stereocenters. The highest BCUT2D eigenvalue weighted by atomic mass is 16.4. The van der Waals surface area contributed by atoms with Gasteiger partial charge in [-0.1, -0.05) is 26.3 Å². The number of rotatable bonds is 6. The number of hydrogen-bond donors (Lipinski definition) is 7. The van der Waals surface area contributed by atoms with Gasteiger partial charge in [-0.3, -0.25) is 0 Å². The number of hydrogen-bond acceptors (Lipinski definition) is 7. The average Bonchev–Trinajstić information content (AvgIpc) is 2.62. The fourth-order valence-electron chi connectivity index (χ4n) is 0.0577. The molecule has 7 N–H and O–H groups in total. The van der Waals surface area contributed by atoms with E-state index in [1.54, 1.807) is 0 Å². The largest absolute Gasteiger partial charge is 0.478 e. The second kappa shape index (κ2) is 29.7. The van der Waals surface area contributed by atoms with E-state index >= 15 is 0 Å². The number of aliphatic hydroxyl groups excluding tert-OH is 3. The Hall–Kier alpha value is -3.28. The van der Waals surface area contributed by atoms with Crippen LogP contribution in [0.25, 0.3) is 0 Å². The van der Waals surface area contributed by atoms with Gasteiger partial charge in [-0.05, 0) is 0 Å². The molecule has 0 saturated carbocycles. The van der Waals surface area contributed by atoms with Crippen molar-refractivity contribution >= 4 is 23.9 Å². The summed E-state index contributed by atoms with van der Waals surface area (Å²) in [5, 5.41) is 54.4. The van der Waals surface area contributed by atoms with Crippen molar-refractivity contribution in [2.24, 2.45) is 0 Å². The summed E-state index contributed by atoms with van der Waals surface area (Å²) in [6.45, 7) is 11.1. The first kappa shape index (κ1) is 34.1. The van der Waals surface area contributed by atoms with E-state index in [9.17, 15) is 19.2 Å². The molecule has 11 heteroatoms. The van der Waals surface area contributed by atoms with Crippen molar-refractivity contribution in [2.75, 3.05) is 13.2 Å². The molecule has 11 nitrogen and oxygen atoms in total. The Morgan fingerprint density at radius 2 is 0.731 bits per heavy atom. The van der Waals surface area contributed by atoms with Crippen molar-refractivity contribution in [3.63, 3.8) is 0 Å². The zero-order valence-electron chi connectivity index (χ0n) is 13.9. The Morgan fingerprint density at radius 3 is 0.731 bits per heavy atom. The second-order valence-electron chi connectivity index (χ2n) is 3.19. The maximum Gasteiger partial charge on any atom is 0.327 e. The summed E-state index contributed by atoms with van der Waals surface area (Å²) < 4.78 is 0. The summed E-state index contributed by atoms with van der Waals surface area (Å²) in [6, 6.07) is 0. The van der Waals surface area contributed by atoms with Gasteiger partial charge in [0.2, 0.25) is 0 Å². The predicted molar refractivity (Wildman–Crippen MR) is 91.5 cm³/mol. The molecule has 0 bridgehead atoms. The third-order valence-electron chi connectivity index (χ3n) is 1.12. The first-order chi connectivity index (χ1) is 11.9. The molecule has 0 aromatic heterocycles. The van der Waals surface area contributed by atoms with Crippen molar-refractivity contribution in [1.29, 1.82) is 0 Å². The van der Waals surface area contributed by atoms with E-state index in [-0.39, 0.29) is 13.2 Å². The van der Waals surface area contributed by atoms with Gasteiger partial charge in [0.05, 0.1) is 13.2 Å². The minimum Gasteiger partial charge on any atom is -0.478 e. The molecule has 0 saturated heterocycles. The molecule has 0 aliphatic rings. The van der Waals surface area contributed by atoms with Gasteiger partial charge >= 0.3 is 23.9 Å². The van der Waals surface area contributed by atoms with Crippen molar-refractivity contribution < 1.29 is 54.9 Å². The number of aliphatic carboxylic acids is 4. The lowest BCUT2D eigenvalue weighted by atomic mass is 10.4. The van der Waals surface area contributed by atoms with Crippen molar-refractivity contribution in [2.45, 2.75) is 6.10 Å². The molecule has 26 heavy (non-hydrogen) atoms. The smallest absolute Gasteiger partial charge is 0.327 e. The quantitative estimate of drug-likeness (QED) is 0.288. The Bertz CT molecular complexity index is 365. The van der Waals surface area contributed by atoms with Crippen LogP contribution >= 0.6 is 0 Å². The highest BCUT2D eigenvalue weighted by molar-refractivity contribution is 5.79. The van der Waals surface area contributed by atoms with Crippen LogP contribution in [0.15, 0.2) is 50.6 Å². The zero-order chi connectivity index (χ0) is 22.1. The van der Waals surface area contributed by atoms with Crippen LogP contribution in [-0.2, 0) is 19.2 Å². The molecular formula is C15H24O11. The molecule has 0 rings (SSSR count). The molecule has 0 heterocycles. The molecule has 0 radical (unpaired) electrons. The SMILES string of the molecule is C=CC(=O)O.C=CC(=O)O.C=CC(=O)O.C=CC(=O)O.OCC(O)CO. The number of carbonyl (C=O) groups is 4. The fraction of sp³-hybridized carbons (Fsp3) is 0.200. The van der Waals surface area contributed by atoms with E-state index in [1.165, 1.54) is 0 Å². The standard InChI is InChI=1S/C3H8O3.4C3H4O2/c4-1-3(6)2-5;4*1-2-3(4)5/h3-6H,1-2H2;4*2H,1H2,(H,4,5). The fourth-order valence-corrected chi connectivity index (χ4v) is 0.0577. The summed E-state index contributed by atoms with van der Waals surface area (Å²) in [5.41, 5.74) is 0. The third kappa shape index (κ3) is 106. The monoisotopic (exact) mass is 380 g/mol. The number of carboxylic acid groups (broad SMARTS) is 4. The van der Waals surface area contributed by atoms with Gasteiger partial charge in [-0.25, -0.2) is 19.2 Å². The minimum atomic E-state index is -0.981. The first-order valence-corrected chi connectivity index (χ1v) is 6.21. The van der Waals surface area contributed by atoms with E-state index in [4.69, 9.17) is 35.7 Å². The molecular weight excluding hydrogens is 356 g/mol. The van der Waals surface area contributed by atoms with Crippen LogP contribution in [0, 0.1) is 0 Å². The lowest BCUT2D eigenvalue weighted by Crippen LogP contribution is -2.15. The van der Waals surface area contributed by atoms with Crippen molar-refractivity contribution in [3.05, 3.63) is 50.6 Å².